The van der Waals surface area contributed by atoms with Gasteiger partial charge in [0.15, 0.2) is 0 Å². The number of amides is 1. The number of carbonyl (C=O) groups is 1. The van der Waals surface area contributed by atoms with Gasteiger partial charge in [-0.25, -0.2) is 0 Å². The Labute approximate surface area is 150 Å². The first-order valence-corrected chi connectivity index (χ1v) is 8.70. The minimum Gasteiger partial charge on any atom is -0.491 e. The van der Waals surface area contributed by atoms with Crippen molar-refractivity contribution in [3.8, 4) is 5.75 Å². The predicted octanol–water partition coefficient (Wildman–Crippen LogP) is 4.52. The fourth-order valence-electron chi connectivity index (χ4n) is 1.92. The molecular formula is C18H21IN2O2. The van der Waals surface area contributed by atoms with Crippen LogP contribution in [0.5, 0.6) is 5.75 Å². The molecule has 1 atom stereocenters. The van der Waals surface area contributed by atoms with Crippen molar-refractivity contribution < 1.29 is 9.53 Å². The van der Waals surface area contributed by atoms with E-state index in [1.807, 2.05) is 55.5 Å². The van der Waals surface area contributed by atoms with Crippen LogP contribution in [0.4, 0.5) is 11.4 Å². The number of hydrogen-bond donors (Lipinski definition) is 2. The van der Waals surface area contributed by atoms with Crippen LogP contribution in [0, 0.1) is 3.57 Å². The molecule has 23 heavy (non-hydrogen) atoms. The Bertz CT molecular complexity index is 644. The number of rotatable bonds is 7. The fourth-order valence-corrected chi connectivity index (χ4v) is 2.28. The lowest BCUT2D eigenvalue weighted by molar-refractivity contribution is -0.114. The predicted molar refractivity (Wildman–Crippen MR) is 103 cm³/mol. The summed E-state index contributed by atoms with van der Waals surface area (Å²) in [4.78, 5) is 12.0. The van der Waals surface area contributed by atoms with Gasteiger partial charge in [-0.15, -0.1) is 0 Å². The minimum atomic E-state index is -0.0933. The van der Waals surface area contributed by atoms with E-state index in [4.69, 9.17) is 4.74 Å². The van der Waals surface area contributed by atoms with Crippen molar-refractivity contribution in [3.05, 3.63) is 52.1 Å². The van der Waals surface area contributed by atoms with Crippen LogP contribution < -0.4 is 15.4 Å². The summed E-state index contributed by atoms with van der Waals surface area (Å²) in [5.74, 6) is 0.673. The number of halogens is 1. The highest BCUT2D eigenvalue weighted by atomic mass is 127. The maximum Gasteiger partial charge on any atom is 0.243 e. The first-order valence-electron chi connectivity index (χ1n) is 7.63. The number of anilines is 2. The molecule has 5 heteroatoms. The zero-order chi connectivity index (χ0) is 16.7. The zero-order valence-electron chi connectivity index (χ0n) is 13.3. The normalized spacial score (nSPS) is 11.6. The van der Waals surface area contributed by atoms with Gasteiger partial charge in [0.05, 0.1) is 12.6 Å². The lowest BCUT2D eigenvalue weighted by Crippen LogP contribution is -2.21. The number of nitrogens with one attached hydrogen (secondary N) is 2. The minimum absolute atomic E-state index is 0.0933. The molecule has 0 fully saturated rings. The summed E-state index contributed by atoms with van der Waals surface area (Å²) < 4.78 is 6.92. The van der Waals surface area contributed by atoms with Crippen molar-refractivity contribution in [2.45, 2.75) is 26.4 Å². The second-order valence-corrected chi connectivity index (χ2v) is 6.52. The van der Waals surface area contributed by atoms with Crippen molar-refractivity contribution in [2.75, 3.05) is 17.2 Å². The van der Waals surface area contributed by atoms with E-state index < -0.39 is 0 Å². The highest BCUT2D eigenvalue weighted by molar-refractivity contribution is 14.1. The van der Waals surface area contributed by atoms with Gasteiger partial charge in [-0.3, -0.25) is 4.79 Å². The van der Waals surface area contributed by atoms with Crippen molar-refractivity contribution in [1.82, 2.24) is 0 Å². The third-order valence-corrected chi connectivity index (χ3v) is 4.05. The first-order chi connectivity index (χ1) is 11.1. The number of ether oxygens (including phenoxy) is 1. The summed E-state index contributed by atoms with van der Waals surface area (Å²) in [5.41, 5.74) is 1.66. The Hall–Kier alpha value is -1.76. The maximum absolute atomic E-state index is 12.0. The van der Waals surface area contributed by atoms with Gasteiger partial charge in [0.2, 0.25) is 5.91 Å². The molecule has 0 spiro atoms. The Kier molecular flexibility index (Phi) is 6.70. The van der Waals surface area contributed by atoms with E-state index in [2.05, 4.69) is 40.1 Å². The molecule has 0 aliphatic rings. The molecule has 2 aromatic carbocycles. The van der Waals surface area contributed by atoms with Crippen molar-refractivity contribution in [3.63, 3.8) is 0 Å². The number of benzene rings is 2. The molecule has 0 bridgehead atoms. The fraction of sp³-hybridized carbons (Fsp3) is 0.278. The standard InChI is InChI=1S/C18H21IN2O2/c1-3-13(2)23-17-6-4-5-16(11-17)21-18(22)12-20-15-9-7-14(19)8-10-15/h4-11,13,20H,3,12H2,1-2H3,(H,21,22). The summed E-state index contributed by atoms with van der Waals surface area (Å²) in [5, 5.41) is 5.97. The van der Waals surface area contributed by atoms with Gasteiger partial charge in [-0.05, 0) is 72.3 Å². The second-order valence-electron chi connectivity index (χ2n) is 5.27. The molecule has 0 aromatic heterocycles. The van der Waals surface area contributed by atoms with Gasteiger partial charge >= 0.3 is 0 Å². The molecule has 1 unspecified atom stereocenters. The van der Waals surface area contributed by atoms with Crippen LogP contribution in [0.2, 0.25) is 0 Å². The molecule has 0 radical (unpaired) electrons. The molecule has 0 heterocycles. The number of hydrogen-bond acceptors (Lipinski definition) is 3. The van der Waals surface area contributed by atoms with Gasteiger partial charge < -0.3 is 15.4 Å². The average Bonchev–Trinajstić information content (AvgIpc) is 2.54. The van der Waals surface area contributed by atoms with Crippen molar-refractivity contribution in [2.24, 2.45) is 0 Å². The molecule has 122 valence electrons. The van der Waals surface area contributed by atoms with Crippen LogP contribution in [0.3, 0.4) is 0 Å². The smallest absolute Gasteiger partial charge is 0.243 e. The topological polar surface area (TPSA) is 50.4 Å². The highest BCUT2D eigenvalue weighted by Crippen LogP contribution is 2.19. The van der Waals surface area contributed by atoms with Crippen LogP contribution in [0.1, 0.15) is 20.3 Å². The van der Waals surface area contributed by atoms with E-state index in [0.717, 1.165) is 27.1 Å². The molecule has 0 aliphatic heterocycles. The Balaban J connectivity index is 1.87. The van der Waals surface area contributed by atoms with Crippen molar-refractivity contribution in [1.29, 1.82) is 0 Å². The summed E-state index contributed by atoms with van der Waals surface area (Å²) in [6.45, 7) is 4.32. The van der Waals surface area contributed by atoms with E-state index in [-0.39, 0.29) is 18.6 Å². The SMILES string of the molecule is CCC(C)Oc1cccc(NC(=O)CNc2ccc(I)cc2)c1. The molecule has 4 nitrogen and oxygen atoms in total. The summed E-state index contributed by atoms with van der Waals surface area (Å²) in [7, 11) is 0. The van der Waals surface area contributed by atoms with Crippen LogP contribution in [0.25, 0.3) is 0 Å². The lowest BCUT2D eigenvalue weighted by atomic mass is 10.2. The van der Waals surface area contributed by atoms with Crippen LogP contribution in [0.15, 0.2) is 48.5 Å². The van der Waals surface area contributed by atoms with E-state index in [1.54, 1.807) is 0 Å². The summed E-state index contributed by atoms with van der Waals surface area (Å²) in [6, 6.07) is 15.4. The third kappa shape index (κ3) is 6.09. The zero-order valence-corrected chi connectivity index (χ0v) is 15.5. The first kappa shape index (κ1) is 17.6. The van der Waals surface area contributed by atoms with Crippen LogP contribution in [-0.2, 0) is 4.79 Å². The Morgan fingerprint density at radius 1 is 1.17 bits per heavy atom. The molecule has 2 rings (SSSR count). The molecule has 2 N–H and O–H groups in total. The van der Waals surface area contributed by atoms with Crippen LogP contribution >= 0.6 is 22.6 Å². The Morgan fingerprint density at radius 3 is 2.61 bits per heavy atom. The molecule has 0 aliphatic carbocycles. The molecule has 0 saturated heterocycles. The van der Waals surface area contributed by atoms with E-state index in [9.17, 15) is 4.79 Å². The molecule has 0 saturated carbocycles. The van der Waals surface area contributed by atoms with E-state index >= 15 is 0 Å². The van der Waals surface area contributed by atoms with Crippen LogP contribution in [-0.4, -0.2) is 18.6 Å². The van der Waals surface area contributed by atoms with Gasteiger partial charge in [-0.1, -0.05) is 13.0 Å². The van der Waals surface area contributed by atoms with Gasteiger partial charge in [-0.2, -0.15) is 0 Å². The molecule has 2 aromatic rings. The molecule has 1 amide bonds. The van der Waals surface area contributed by atoms with Gasteiger partial charge in [0, 0.05) is 21.0 Å². The highest BCUT2D eigenvalue weighted by Gasteiger charge is 2.05. The van der Waals surface area contributed by atoms with Gasteiger partial charge in [0.1, 0.15) is 5.75 Å². The second kappa shape index (κ2) is 8.76. The van der Waals surface area contributed by atoms with Gasteiger partial charge in [0.25, 0.3) is 0 Å². The Morgan fingerprint density at radius 2 is 1.91 bits per heavy atom. The average molecular weight is 424 g/mol. The monoisotopic (exact) mass is 424 g/mol. The van der Waals surface area contributed by atoms with E-state index in [0.29, 0.717) is 0 Å². The third-order valence-electron chi connectivity index (χ3n) is 3.33. The number of carbonyl (C=O) groups excluding carboxylic acids is 1. The lowest BCUT2D eigenvalue weighted by Gasteiger charge is -2.14. The summed E-state index contributed by atoms with van der Waals surface area (Å²) >= 11 is 2.25. The largest absolute Gasteiger partial charge is 0.491 e. The van der Waals surface area contributed by atoms with Crippen molar-refractivity contribution >= 4 is 39.9 Å². The molecular weight excluding hydrogens is 403 g/mol. The maximum atomic E-state index is 12.0. The van der Waals surface area contributed by atoms with E-state index in [1.165, 1.54) is 0 Å². The summed E-state index contributed by atoms with van der Waals surface area (Å²) in [6.07, 6.45) is 1.10. The quantitative estimate of drug-likeness (QED) is 0.643.